The van der Waals surface area contributed by atoms with Crippen molar-refractivity contribution in [1.82, 2.24) is 10.2 Å². The SMILES string of the molecule is COCCC(=O)N1CCCC(NC(=O)c2sc3c(N)ccc4c3c2C(N)C(=O)C4(N)c2ccc(Oc3ccccc3)cc2)C1. The van der Waals surface area contributed by atoms with Gasteiger partial charge in [0.2, 0.25) is 5.91 Å². The zero-order valence-corrected chi connectivity index (χ0v) is 25.2. The van der Waals surface area contributed by atoms with Gasteiger partial charge in [-0.05, 0) is 54.3 Å². The summed E-state index contributed by atoms with van der Waals surface area (Å²) in [6.45, 7) is 1.39. The Morgan fingerprint density at radius 2 is 1.80 bits per heavy atom. The molecule has 2 aliphatic rings. The van der Waals surface area contributed by atoms with Gasteiger partial charge in [-0.3, -0.25) is 14.4 Å². The Kier molecular flexibility index (Phi) is 8.12. The fraction of sp³-hybridized carbons (Fsp3) is 0.303. The third-order valence-electron chi connectivity index (χ3n) is 8.44. The fourth-order valence-corrected chi connectivity index (χ4v) is 7.38. The van der Waals surface area contributed by atoms with Crippen LogP contribution in [0.2, 0.25) is 0 Å². The minimum atomic E-state index is -1.56. The Balaban J connectivity index is 1.32. The molecule has 0 bridgehead atoms. The molecule has 1 fully saturated rings. The Morgan fingerprint density at radius 1 is 1.07 bits per heavy atom. The van der Waals surface area contributed by atoms with E-state index in [0.717, 1.165) is 12.8 Å². The number of amides is 2. The Bertz CT molecular complexity index is 1720. The number of hydrogen-bond acceptors (Lipinski definition) is 9. The molecular weight excluding hydrogens is 578 g/mol. The van der Waals surface area contributed by atoms with E-state index in [1.165, 1.54) is 11.3 Å². The van der Waals surface area contributed by atoms with Gasteiger partial charge < -0.3 is 36.9 Å². The second-order valence-corrected chi connectivity index (χ2v) is 12.3. The van der Waals surface area contributed by atoms with Crippen molar-refractivity contribution in [3.8, 4) is 11.5 Å². The second-order valence-electron chi connectivity index (χ2n) is 11.2. The van der Waals surface area contributed by atoms with E-state index in [2.05, 4.69) is 5.32 Å². The maximum Gasteiger partial charge on any atom is 0.262 e. The Morgan fingerprint density at radius 3 is 2.52 bits per heavy atom. The Labute approximate surface area is 259 Å². The van der Waals surface area contributed by atoms with Crippen LogP contribution < -0.4 is 27.3 Å². The van der Waals surface area contributed by atoms with Gasteiger partial charge in [0.15, 0.2) is 5.78 Å². The van der Waals surface area contributed by atoms with E-state index in [4.69, 9.17) is 26.7 Å². The number of nitrogens with two attached hydrogens (primary N) is 3. The number of carbonyl (C=O) groups excluding carboxylic acids is 3. The lowest BCUT2D eigenvalue weighted by Gasteiger charge is -2.37. The third-order valence-corrected chi connectivity index (χ3v) is 9.69. The smallest absolute Gasteiger partial charge is 0.262 e. The molecule has 3 atom stereocenters. The summed E-state index contributed by atoms with van der Waals surface area (Å²) < 4.78 is 11.6. The first-order valence-electron chi connectivity index (χ1n) is 14.6. The van der Waals surface area contributed by atoms with E-state index in [1.54, 1.807) is 48.4 Å². The topological polar surface area (TPSA) is 163 Å². The maximum atomic E-state index is 14.1. The molecule has 2 heterocycles. The predicted octanol–water partition coefficient (Wildman–Crippen LogP) is 3.82. The number of nitrogens with zero attached hydrogens (tertiary/aromatic N) is 1. The number of methoxy groups -OCH3 is 1. The first-order chi connectivity index (χ1) is 21.2. The molecule has 6 rings (SSSR count). The average molecular weight is 614 g/mol. The molecule has 3 aromatic carbocycles. The van der Waals surface area contributed by atoms with Gasteiger partial charge in [0, 0.05) is 42.9 Å². The van der Waals surface area contributed by atoms with Crippen LogP contribution in [0.25, 0.3) is 10.1 Å². The van der Waals surface area contributed by atoms with Crippen LogP contribution in [-0.4, -0.2) is 55.3 Å². The molecule has 44 heavy (non-hydrogen) atoms. The molecule has 10 nitrogen and oxygen atoms in total. The predicted molar refractivity (Wildman–Crippen MR) is 170 cm³/mol. The molecule has 2 amide bonds. The van der Waals surface area contributed by atoms with Gasteiger partial charge in [0.1, 0.15) is 17.0 Å². The third kappa shape index (κ3) is 5.22. The van der Waals surface area contributed by atoms with Crippen LogP contribution in [0.4, 0.5) is 5.69 Å². The van der Waals surface area contributed by atoms with E-state index >= 15 is 0 Å². The van der Waals surface area contributed by atoms with Crippen LogP contribution in [0.5, 0.6) is 11.5 Å². The zero-order chi connectivity index (χ0) is 31.0. The molecule has 228 valence electrons. The minimum Gasteiger partial charge on any atom is -0.457 e. The fourth-order valence-electron chi connectivity index (χ4n) is 6.18. The summed E-state index contributed by atoms with van der Waals surface area (Å²) in [5.41, 5.74) is 20.5. The maximum absolute atomic E-state index is 14.1. The number of nitrogens with one attached hydrogen (secondary N) is 1. The van der Waals surface area contributed by atoms with Crippen LogP contribution in [0.1, 0.15) is 51.7 Å². The lowest BCUT2D eigenvalue weighted by molar-refractivity contribution is -0.133. The van der Waals surface area contributed by atoms with Crippen LogP contribution in [-0.2, 0) is 19.9 Å². The highest BCUT2D eigenvalue weighted by atomic mass is 32.1. The summed E-state index contributed by atoms with van der Waals surface area (Å²) >= 11 is 1.21. The van der Waals surface area contributed by atoms with E-state index in [0.29, 0.717) is 75.0 Å². The van der Waals surface area contributed by atoms with Gasteiger partial charge in [0.25, 0.3) is 5.91 Å². The highest BCUT2D eigenvalue weighted by Gasteiger charge is 2.48. The van der Waals surface area contributed by atoms with Crippen molar-refractivity contribution in [3.05, 3.63) is 88.3 Å². The Hall–Kier alpha value is -4.29. The van der Waals surface area contributed by atoms with Crippen LogP contribution in [0, 0.1) is 0 Å². The number of para-hydroxylation sites is 1. The molecule has 7 N–H and O–H groups in total. The number of piperidine rings is 1. The molecule has 0 spiro atoms. The molecular formula is C33H35N5O5S. The number of hydrogen-bond donors (Lipinski definition) is 4. The highest BCUT2D eigenvalue weighted by Crippen LogP contribution is 2.49. The van der Waals surface area contributed by atoms with Crippen LogP contribution >= 0.6 is 11.3 Å². The van der Waals surface area contributed by atoms with Gasteiger partial charge in [-0.1, -0.05) is 36.4 Å². The van der Waals surface area contributed by atoms with Crippen molar-refractivity contribution < 1.29 is 23.9 Å². The molecule has 3 unspecified atom stereocenters. The normalized spacial score (nSPS) is 21.3. The number of anilines is 1. The number of nitrogen functional groups attached to an aromatic ring is 1. The van der Waals surface area contributed by atoms with Gasteiger partial charge >= 0.3 is 0 Å². The summed E-state index contributed by atoms with van der Waals surface area (Å²) in [6.07, 6.45) is 1.79. The molecule has 1 aliphatic carbocycles. The average Bonchev–Trinajstić information content (AvgIpc) is 3.45. The largest absolute Gasteiger partial charge is 0.457 e. The number of ether oxygens (including phenoxy) is 2. The van der Waals surface area contributed by atoms with Crippen molar-refractivity contribution in [2.75, 3.05) is 32.5 Å². The number of ketones is 1. The summed E-state index contributed by atoms with van der Waals surface area (Å²) in [4.78, 5) is 42.5. The van der Waals surface area contributed by atoms with E-state index < -0.39 is 17.4 Å². The first-order valence-corrected chi connectivity index (χ1v) is 15.4. The van der Waals surface area contributed by atoms with Crippen molar-refractivity contribution in [2.45, 2.75) is 36.9 Å². The first kappa shape index (κ1) is 29.8. The van der Waals surface area contributed by atoms with Gasteiger partial charge in [0.05, 0.1) is 28.6 Å². The van der Waals surface area contributed by atoms with E-state index in [9.17, 15) is 14.4 Å². The van der Waals surface area contributed by atoms with E-state index in [-0.39, 0.29) is 17.9 Å². The second kappa shape index (κ2) is 12.0. The number of carbonyl (C=O) groups is 3. The van der Waals surface area contributed by atoms with E-state index in [1.807, 2.05) is 30.3 Å². The molecule has 1 aromatic heterocycles. The van der Waals surface area contributed by atoms with Gasteiger partial charge in [-0.2, -0.15) is 0 Å². The number of benzene rings is 3. The zero-order valence-electron chi connectivity index (χ0n) is 24.4. The molecule has 1 aliphatic heterocycles. The summed E-state index contributed by atoms with van der Waals surface area (Å²) in [7, 11) is 1.56. The van der Waals surface area contributed by atoms with Crippen molar-refractivity contribution >= 4 is 44.7 Å². The van der Waals surface area contributed by atoms with Crippen molar-refractivity contribution in [1.29, 1.82) is 0 Å². The summed E-state index contributed by atoms with van der Waals surface area (Å²) in [5, 5.41) is 3.72. The van der Waals surface area contributed by atoms with Crippen molar-refractivity contribution in [3.63, 3.8) is 0 Å². The van der Waals surface area contributed by atoms with Gasteiger partial charge in [-0.25, -0.2) is 0 Å². The molecule has 0 radical (unpaired) electrons. The van der Waals surface area contributed by atoms with Crippen molar-refractivity contribution in [2.24, 2.45) is 11.5 Å². The van der Waals surface area contributed by atoms with Crippen LogP contribution in [0.15, 0.2) is 66.7 Å². The molecule has 4 aromatic rings. The number of Topliss-reactive ketones (excluding diaryl/α,β-unsaturated/α-hetero) is 1. The molecule has 1 saturated heterocycles. The molecule has 11 heteroatoms. The van der Waals surface area contributed by atoms with Crippen LogP contribution in [0.3, 0.4) is 0 Å². The lowest BCUT2D eigenvalue weighted by atomic mass is 9.70. The van der Waals surface area contributed by atoms with Gasteiger partial charge in [-0.15, -0.1) is 11.3 Å². The number of thiophene rings is 1. The monoisotopic (exact) mass is 613 g/mol. The lowest BCUT2D eigenvalue weighted by Crippen LogP contribution is -2.53. The number of likely N-dealkylation sites (tertiary alicyclic amines) is 1. The summed E-state index contributed by atoms with van der Waals surface area (Å²) in [6, 6.07) is 18.5. The molecule has 0 saturated carbocycles. The standard InChI is InChI=1S/C33H35N5O5S/c1-42-17-15-25(39)38-16-5-6-20(18-38)37-32(41)30-27-26-23(13-14-24(34)29(26)44-30)33(36,31(40)28(27)35)19-9-11-22(12-10-19)43-21-7-3-2-4-8-21/h2-4,7-14,20,28H,5-6,15-18,34-36H2,1H3,(H,37,41). The number of rotatable bonds is 8. The summed E-state index contributed by atoms with van der Waals surface area (Å²) in [5.74, 6) is 0.499. The quantitative estimate of drug-likeness (QED) is 0.218. The highest BCUT2D eigenvalue weighted by molar-refractivity contribution is 7.21. The minimum absolute atomic E-state index is 0.00765.